The number of hydrogen-bond acceptors (Lipinski definition) is 3. The van der Waals surface area contributed by atoms with Gasteiger partial charge in [-0.15, -0.1) is 0 Å². The Bertz CT molecular complexity index is 1200. The third kappa shape index (κ3) is 5.98. The Kier molecular flexibility index (Phi) is 8.33. The van der Waals surface area contributed by atoms with Crippen molar-refractivity contribution in [2.24, 2.45) is 5.41 Å². The summed E-state index contributed by atoms with van der Waals surface area (Å²) in [5, 5.41) is 7.11. The number of carbonyl (C=O) groups excluding carboxylic acids is 1. The van der Waals surface area contributed by atoms with Gasteiger partial charge in [-0.1, -0.05) is 124 Å². The number of nitrogens with zero attached hydrogens (tertiary/aromatic N) is 1. The molecule has 0 fully saturated rings. The largest absolute Gasteiger partial charge is 0.378 e. The lowest BCUT2D eigenvalue weighted by Gasteiger charge is -2.43. The lowest BCUT2D eigenvalue weighted by Crippen LogP contribution is -2.59. The van der Waals surface area contributed by atoms with Crippen molar-refractivity contribution in [3.8, 4) is 0 Å². The predicted molar refractivity (Wildman–Crippen MR) is 158 cm³/mol. The van der Waals surface area contributed by atoms with Crippen LogP contribution in [-0.4, -0.2) is 26.0 Å². The Labute approximate surface area is 227 Å². The Morgan fingerprint density at radius 2 is 1.11 bits per heavy atom. The van der Waals surface area contributed by atoms with Gasteiger partial charge in [0.05, 0.1) is 11.6 Å². The highest BCUT2D eigenvalue weighted by atomic mass is 16.2. The van der Waals surface area contributed by atoms with Crippen molar-refractivity contribution < 1.29 is 4.79 Å². The number of hydrogen-bond donors (Lipinski definition) is 2. The quantitative estimate of drug-likeness (QED) is 0.260. The van der Waals surface area contributed by atoms with E-state index in [-0.39, 0.29) is 11.3 Å². The van der Waals surface area contributed by atoms with E-state index in [1.165, 1.54) is 0 Å². The van der Waals surface area contributed by atoms with Gasteiger partial charge in [0.1, 0.15) is 0 Å². The first-order valence-electron chi connectivity index (χ1n) is 13.2. The van der Waals surface area contributed by atoms with Crippen LogP contribution in [0.2, 0.25) is 0 Å². The summed E-state index contributed by atoms with van der Waals surface area (Å²) in [5.74, 6) is -0.0265. The Balaban J connectivity index is 1.75. The lowest BCUT2D eigenvalue weighted by atomic mass is 9.74. The monoisotopic (exact) mass is 505 g/mol. The summed E-state index contributed by atoms with van der Waals surface area (Å²) in [7, 11) is 4.05. The van der Waals surface area contributed by atoms with Gasteiger partial charge >= 0.3 is 0 Å². The summed E-state index contributed by atoms with van der Waals surface area (Å²) in [6.45, 7) is 6.81. The summed E-state index contributed by atoms with van der Waals surface area (Å²) in [6.07, 6.45) is 0. The molecule has 0 aliphatic heterocycles. The smallest absolute Gasteiger partial charge is 0.237 e. The van der Waals surface area contributed by atoms with E-state index in [1.54, 1.807) is 0 Å². The van der Waals surface area contributed by atoms with Gasteiger partial charge in [0.15, 0.2) is 0 Å². The fraction of sp³-hybridized carbons (Fsp3) is 0.265. The van der Waals surface area contributed by atoms with Gasteiger partial charge in [0.2, 0.25) is 5.91 Å². The second kappa shape index (κ2) is 11.7. The zero-order chi connectivity index (χ0) is 27.2. The molecule has 1 amide bonds. The number of rotatable bonds is 9. The lowest BCUT2D eigenvalue weighted by molar-refractivity contribution is -0.126. The molecular weight excluding hydrogens is 466 g/mol. The van der Waals surface area contributed by atoms with E-state index < -0.39 is 11.6 Å². The fourth-order valence-electron chi connectivity index (χ4n) is 4.91. The van der Waals surface area contributed by atoms with Crippen LogP contribution < -0.4 is 15.5 Å². The molecule has 0 spiro atoms. The second-order valence-electron chi connectivity index (χ2n) is 11.1. The molecule has 1 atom stereocenters. The third-order valence-electron chi connectivity index (χ3n) is 7.03. The average Bonchev–Trinajstić information content (AvgIpc) is 2.93. The van der Waals surface area contributed by atoms with Crippen molar-refractivity contribution in [2.45, 2.75) is 38.9 Å². The minimum atomic E-state index is -0.730. The zero-order valence-corrected chi connectivity index (χ0v) is 23.1. The summed E-state index contributed by atoms with van der Waals surface area (Å²) < 4.78 is 0. The zero-order valence-electron chi connectivity index (χ0n) is 23.1. The number of carbonyl (C=O) groups is 1. The minimum absolute atomic E-state index is 0.0265. The van der Waals surface area contributed by atoms with Crippen LogP contribution in [0, 0.1) is 5.41 Å². The molecule has 0 aliphatic rings. The molecular formula is C34H39N3O. The first kappa shape index (κ1) is 27.2. The SMILES string of the molecule is CN(C)c1ccc(CNC(=O)C(NC(c2ccccc2)(c2ccccc2)c2ccccc2)C(C)(C)C)cc1. The first-order chi connectivity index (χ1) is 18.2. The van der Waals surface area contributed by atoms with Crippen molar-refractivity contribution in [3.63, 3.8) is 0 Å². The van der Waals surface area contributed by atoms with Crippen LogP contribution in [0.25, 0.3) is 0 Å². The number of benzene rings is 4. The highest BCUT2D eigenvalue weighted by molar-refractivity contribution is 5.83. The van der Waals surface area contributed by atoms with E-state index in [0.29, 0.717) is 6.54 Å². The van der Waals surface area contributed by atoms with Gasteiger partial charge in [-0.2, -0.15) is 0 Å². The van der Waals surface area contributed by atoms with E-state index >= 15 is 0 Å². The van der Waals surface area contributed by atoms with Crippen molar-refractivity contribution in [1.82, 2.24) is 10.6 Å². The van der Waals surface area contributed by atoms with Crippen molar-refractivity contribution in [1.29, 1.82) is 0 Å². The average molecular weight is 506 g/mol. The van der Waals surface area contributed by atoms with Crippen LogP contribution in [0.3, 0.4) is 0 Å². The van der Waals surface area contributed by atoms with E-state index in [2.05, 4.69) is 133 Å². The van der Waals surface area contributed by atoms with E-state index in [9.17, 15) is 4.79 Å². The maximum atomic E-state index is 13.9. The van der Waals surface area contributed by atoms with Crippen LogP contribution in [0.15, 0.2) is 115 Å². The van der Waals surface area contributed by atoms with E-state index in [0.717, 1.165) is 27.9 Å². The summed E-state index contributed by atoms with van der Waals surface area (Å²) in [5.41, 5.74) is 4.36. The summed E-state index contributed by atoms with van der Waals surface area (Å²) >= 11 is 0. The predicted octanol–water partition coefficient (Wildman–Crippen LogP) is 6.37. The molecule has 4 rings (SSSR count). The number of amides is 1. The Hall–Kier alpha value is -3.89. The molecule has 0 aromatic heterocycles. The second-order valence-corrected chi connectivity index (χ2v) is 11.1. The van der Waals surface area contributed by atoms with E-state index in [4.69, 9.17) is 0 Å². The standard InChI is InChI=1S/C34H39N3O/c1-33(2,3)31(32(38)35-25-26-21-23-30(24-22-26)37(4)5)36-34(27-15-9-6-10-16-27,28-17-11-7-12-18-28)29-19-13-8-14-20-29/h6-24,31,36H,25H2,1-5H3,(H,35,38). The van der Waals surface area contributed by atoms with Crippen LogP contribution >= 0.6 is 0 Å². The minimum Gasteiger partial charge on any atom is -0.378 e. The molecule has 196 valence electrons. The third-order valence-corrected chi connectivity index (χ3v) is 7.03. The molecule has 4 aromatic carbocycles. The first-order valence-corrected chi connectivity index (χ1v) is 13.2. The van der Waals surface area contributed by atoms with Crippen LogP contribution in [0.4, 0.5) is 5.69 Å². The molecule has 1 unspecified atom stereocenters. The normalized spacial score (nSPS) is 12.6. The molecule has 0 radical (unpaired) electrons. The van der Waals surface area contributed by atoms with Gasteiger partial charge in [0, 0.05) is 26.3 Å². The van der Waals surface area contributed by atoms with Gasteiger partial charge in [-0.3, -0.25) is 10.1 Å². The Morgan fingerprint density at radius 1 is 0.684 bits per heavy atom. The van der Waals surface area contributed by atoms with Gasteiger partial charge in [-0.05, 0) is 39.8 Å². The summed E-state index contributed by atoms with van der Waals surface area (Å²) in [6, 6.07) is 39.0. The van der Waals surface area contributed by atoms with Crippen LogP contribution in [0.5, 0.6) is 0 Å². The molecule has 38 heavy (non-hydrogen) atoms. The van der Waals surface area contributed by atoms with Crippen molar-refractivity contribution in [3.05, 3.63) is 138 Å². The highest BCUT2D eigenvalue weighted by Gasteiger charge is 2.43. The number of anilines is 1. The van der Waals surface area contributed by atoms with Crippen molar-refractivity contribution in [2.75, 3.05) is 19.0 Å². The van der Waals surface area contributed by atoms with Crippen LogP contribution in [-0.2, 0) is 16.9 Å². The fourth-order valence-corrected chi connectivity index (χ4v) is 4.91. The summed E-state index contributed by atoms with van der Waals surface area (Å²) in [4.78, 5) is 16.0. The maximum absolute atomic E-state index is 13.9. The molecule has 0 saturated heterocycles. The molecule has 0 saturated carbocycles. The van der Waals surface area contributed by atoms with Gasteiger partial charge in [-0.25, -0.2) is 0 Å². The highest BCUT2D eigenvalue weighted by Crippen LogP contribution is 2.39. The van der Waals surface area contributed by atoms with Gasteiger partial charge in [0.25, 0.3) is 0 Å². The molecule has 2 N–H and O–H groups in total. The van der Waals surface area contributed by atoms with Gasteiger partial charge < -0.3 is 10.2 Å². The maximum Gasteiger partial charge on any atom is 0.237 e. The molecule has 0 aliphatic carbocycles. The molecule has 0 bridgehead atoms. The van der Waals surface area contributed by atoms with Crippen LogP contribution in [0.1, 0.15) is 43.0 Å². The molecule has 4 heteroatoms. The molecule has 4 nitrogen and oxygen atoms in total. The number of nitrogens with one attached hydrogen (secondary N) is 2. The topological polar surface area (TPSA) is 44.4 Å². The Morgan fingerprint density at radius 3 is 1.47 bits per heavy atom. The molecule has 4 aromatic rings. The molecule has 0 heterocycles. The van der Waals surface area contributed by atoms with E-state index in [1.807, 2.05) is 32.3 Å². The van der Waals surface area contributed by atoms with Crippen molar-refractivity contribution >= 4 is 11.6 Å².